The van der Waals surface area contributed by atoms with Crippen molar-refractivity contribution in [1.29, 1.82) is 0 Å². The second-order valence-electron chi connectivity index (χ2n) is 5.90. The zero-order chi connectivity index (χ0) is 16.0. The smallest absolute Gasteiger partial charge is 0.260 e. The molecule has 2 atom stereocenters. The van der Waals surface area contributed by atoms with E-state index in [4.69, 9.17) is 4.74 Å². The minimum absolute atomic E-state index is 0.0180. The lowest BCUT2D eigenvalue weighted by Gasteiger charge is -2.35. The first-order chi connectivity index (χ1) is 9.86. The molecule has 0 aliphatic heterocycles. The molecule has 1 aromatic carbocycles. The average molecular weight is 293 g/mol. The second-order valence-corrected chi connectivity index (χ2v) is 5.90. The van der Waals surface area contributed by atoms with E-state index in [2.05, 4.69) is 0 Å². The minimum atomic E-state index is -0.0562. The summed E-state index contributed by atoms with van der Waals surface area (Å²) in [6, 6.07) is 7.70. The van der Waals surface area contributed by atoms with Crippen LogP contribution in [0.5, 0.6) is 5.75 Å². The highest BCUT2D eigenvalue weighted by molar-refractivity contribution is 5.78. The summed E-state index contributed by atoms with van der Waals surface area (Å²) in [4.78, 5) is 14.2. The number of hydrogen-bond donors (Lipinski definition) is 1. The molecule has 1 amide bonds. The lowest BCUT2D eigenvalue weighted by atomic mass is 10.0. The highest BCUT2D eigenvalue weighted by atomic mass is 16.5. The van der Waals surface area contributed by atoms with Gasteiger partial charge in [-0.05, 0) is 51.3 Å². The first kappa shape index (κ1) is 17.5. The van der Waals surface area contributed by atoms with Gasteiger partial charge in [0.1, 0.15) is 5.75 Å². The number of aliphatic hydroxyl groups is 1. The van der Waals surface area contributed by atoms with Crippen molar-refractivity contribution in [3.63, 3.8) is 0 Å². The fourth-order valence-corrected chi connectivity index (χ4v) is 2.34. The molecule has 0 bridgehead atoms. The zero-order valence-electron chi connectivity index (χ0n) is 13.7. The van der Waals surface area contributed by atoms with Crippen LogP contribution < -0.4 is 4.74 Å². The van der Waals surface area contributed by atoms with Gasteiger partial charge in [0.2, 0.25) is 0 Å². The highest BCUT2D eigenvalue weighted by Gasteiger charge is 2.26. The molecule has 1 N–H and O–H groups in total. The molecule has 4 nitrogen and oxygen atoms in total. The van der Waals surface area contributed by atoms with Crippen LogP contribution in [0.2, 0.25) is 0 Å². The largest absolute Gasteiger partial charge is 0.484 e. The van der Waals surface area contributed by atoms with Crippen molar-refractivity contribution in [3.05, 3.63) is 29.8 Å². The number of aryl methyl sites for hydroxylation is 1. The molecule has 0 unspecified atom stereocenters. The summed E-state index contributed by atoms with van der Waals surface area (Å²) in [5.74, 6) is 0.685. The van der Waals surface area contributed by atoms with Gasteiger partial charge in [-0.3, -0.25) is 4.79 Å². The normalized spacial score (nSPS) is 13.9. The summed E-state index contributed by atoms with van der Waals surface area (Å²) in [5.41, 5.74) is 1.10. The predicted molar refractivity (Wildman–Crippen MR) is 84.4 cm³/mol. The molecule has 0 aromatic heterocycles. The Hall–Kier alpha value is -1.55. The Morgan fingerprint density at radius 1 is 1.29 bits per heavy atom. The first-order valence-electron chi connectivity index (χ1n) is 7.48. The van der Waals surface area contributed by atoms with Gasteiger partial charge in [0.05, 0.1) is 0 Å². The number of carbonyl (C=O) groups excluding carboxylic acids is 1. The lowest BCUT2D eigenvalue weighted by Crippen LogP contribution is -2.48. The zero-order valence-corrected chi connectivity index (χ0v) is 13.7. The van der Waals surface area contributed by atoms with Gasteiger partial charge >= 0.3 is 0 Å². The molecular weight excluding hydrogens is 266 g/mol. The number of amides is 1. The summed E-state index contributed by atoms with van der Waals surface area (Å²) < 4.78 is 5.59. The molecule has 1 rings (SSSR count). The van der Waals surface area contributed by atoms with Crippen molar-refractivity contribution in [2.24, 2.45) is 5.92 Å². The monoisotopic (exact) mass is 293 g/mol. The minimum Gasteiger partial charge on any atom is -0.484 e. The third kappa shape index (κ3) is 5.05. The third-order valence-electron chi connectivity index (χ3n) is 3.75. The van der Waals surface area contributed by atoms with Gasteiger partial charge in [-0.1, -0.05) is 19.1 Å². The van der Waals surface area contributed by atoms with Gasteiger partial charge in [0, 0.05) is 18.7 Å². The van der Waals surface area contributed by atoms with Gasteiger partial charge in [-0.25, -0.2) is 0 Å². The maximum Gasteiger partial charge on any atom is 0.260 e. The number of aliphatic hydroxyl groups excluding tert-OH is 1. The molecule has 0 heterocycles. The lowest BCUT2D eigenvalue weighted by molar-refractivity contribution is -0.138. The van der Waals surface area contributed by atoms with E-state index < -0.39 is 0 Å². The van der Waals surface area contributed by atoms with E-state index in [1.807, 2.05) is 58.9 Å². The van der Waals surface area contributed by atoms with E-state index >= 15 is 0 Å². The Morgan fingerprint density at radius 3 is 2.48 bits per heavy atom. The van der Waals surface area contributed by atoms with Crippen LogP contribution in [0.1, 0.15) is 33.3 Å². The number of nitrogens with zero attached hydrogens (tertiary/aromatic N) is 1. The Balaban J connectivity index is 2.69. The van der Waals surface area contributed by atoms with Crippen molar-refractivity contribution in [3.8, 4) is 5.75 Å². The Kier molecular flexibility index (Phi) is 6.69. The average Bonchev–Trinajstić information content (AvgIpc) is 2.44. The van der Waals surface area contributed by atoms with Gasteiger partial charge in [0.15, 0.2) is 6.61 Å². The number of rotatable bonds is 7. The number of ether oxygens (including phenoxy) is 1. The van der Waals surface area contributed by atoms with E-state index in [-0.39, 0.29) is 37.1 Å². The van der Waals surface area contributed by atoms with Crippen LogP contribution >= 0.6 is 0 Å². The van der Waals surface area contributed by atoms with Gasteiger partial charge in [-0.2, -0.15) is 0 Å². The van der Waals surface area contributed by atoms with Crippen LogP contribution in [0.4, 0.5) is 0 Å². The standard InChI is InChI=1S/C17H27NO3/c1-12(2)18(15(5)14(4)10-19)17(20)11-21-16-8-6-7-13(3)9-16/h6-9,12,14-15,19H,10-11H2,1-5H3/t14-,15-/m1/s1. The topological polar surface area (TPSA) is 49.8 Å². The van der Waals surface area contributed by atoms with E-state index in [1.54, 1.807) is 4.90 Å². The Bertz CT molecular complexity index is 459. The molecule has 0 fully saturated rings. The summed E-state index contributed by atoms with van der Waals surface area (Å²) in [7, 11) is 0. The van der Waals surface area contributed by atoms with Crippen molar-refractivity contribution in [2.45, 2.75) is 46.7 Å². The van der Waals surface area contributed by atoms with Gasteiger partial charge in [-0.15, -0.1) is 0 Å². The van der Waals surface area contributed by atoms with Gasteiger partial charge in [0.25, 0.3) is 5.91 Å². The molecular formula is C17H27NO3. The van der Waals surface area contributed by atoms with Crippen LogP contribution in [0.25, 0.3) is 0 Å². The van der Waals surface area contributed by atoms with E-state index in [0.717, 1.165) is 5.56 Å². The van der Waals surface area contributed by atoms with Crippen LogP contribution in [0, 0.1) is 12.8 Å². The fraction of sp³-hybridized carbons (Fsp3) is 0.588. The summed E-state index contributed by atoms with van der Waals surface area (Å²) >= 11 is 0. The van der Waals surface area contributed by atoms with Crippen molar-refractivity contribution >= 4 is 5.91 Å². The molecule has 1 aromatic rings. The molecule has 0 aliphatic rings. The Morgan fingerprint density at radius 2 is 1.95 bits per heavy atom. The summed E-state index contributed by atoms with van der Waals surface area (Å²) in [5, 5.41) is 9.29. The molecule has 118 valence electrons. The van der Waals surface area contributed by atoms with Crippen molar-refractivity contribution in [2.75, 3.05) is 13.2 Å². The Labute approximate surface area is 127 Å². The highest BCUT2D eigenvalue weighted by Crippen LogP contribution is 2.16. The molecule has 0 spiro atoms. The van der Waals surface area contributed by atoms with E-state index in [9.17, 15) is 9.90 Å². The van der Waals surface area contributed by atoms with Crippen LogP contribution in [-0.2, 0) is 4.79 Å². The number of hydrogen-bond acceptors (Lipinski definition) is 3. The molecule has 4 heteroatoms. The van der Waals surface area contributed by atoms with Crippen LogP contribution in [-0.4, -0.2) is 41.2 Å². The van der Waals surface area contributed by atoms with E-state index in [0.29, 0.717) is 5.75 Å². The van der Waals surface area contributed by atoms with Gasteiger partial charge < -0.3 is 14.7 Å². The van der Waals surface area contributed by atoms with Crippen molar-refractivity contribution < 1.29 is 14.6 Å². The first-order valence-corrected chi connectivity index (χ1v) is 7.48. The molecule has 0 saturated carbocycles. The number of carbonyl (C=O) groups is 1. The maximum atomic E-state index is 12.4. The quantitative estimate of drug-likeness (QED) is 0.841. The SMILES string of the molecule is Cc1cccc(OCC(=O)N(C(C)C)[C@H](C)[C@H](C)CO)c1. The molecule has 21 heavy (non-hydrogen) atoms. The maximum absolute atomic E-state index is 12.4. The summed E-state index contributed by atoms with van der Waals surface area (Å²) in [6.07, 6.45) is 0. The summed E-state index contributed by atoms with van der Waals surface area (Å²) in [6.45, 7) is 9.93. The molecule has 0 radical (unpaired) electrons. The third-order valence-corrected chi connectivity index (χ3v) is 3.75. The van der Waals surface area contributed by atoms with Crippen LogP contribution in [0.15, 0.2) is 24.3 Å². The molecule has 0 aliphatic carbocycles. The molecule has 0 saturated heterocycles. The number of benzene rings is 1. The predicted octanol–water partition coefficient (Wildman–Crippen LogP) is 2.63. The van der Waals surface area contributed by atoms with E-state index in [1.165, 1.54) is 0 Å². The van der Waals surface area contributed by atoms with Crippen LogP contribution in [0.3, 0.4) is 0 Å². The second kappa shape index (κ2) is 8.03. The van der Waals surface area contributed by atoms with Crippen molar-refractivity contribution in [1.82, 2.24) is 4.90 Å². The fourth-order valence-electron chi connectivity index (χ4n) is 2.34.